The van der Waals surface area contributed by atoms with E-state index in [2.05, 4.69) is 55.8 Å². The van der Waals surface area contributed by atoms with Gasteiger partial charge in [-0.15, -0.1) is 0 Å². The van der Waals surface area contributed by atoms with Crippen LogP contribution in [0.15, 0.2) is 18.2 Å². The summed E-state index contributed by atoms with van der Waals surface area (Å²) in [7, 11) is 0. The molecular formula is C17H25N3O. The van der Waals surface area contributed by atoms with E-state index in [1.807, 2.05) is 0 Å². The lowest BCUT2D eigenvalue weighted by Crippen LogP contribution is -2.47. The molecular weight excluding hydrogens is 262 g/mol. The van der Waals surface area contributed by atoms with Gasteiger partial charge in [-0.1, -0.05) is 13.0 Å². The second-order valence-corrected chi connectivity index (χ2v) is 6.28. The molecule has 0 radical (unpaired) electrons. The highest BCUT2D eigenvalue weighted by atomic mass is 16.5. The van der Waals surface area contributed by atoms with Gasteiger partial charge in [-0.2, -0.15) is 0 Å². The maximum absolute atomic E-state index is 5.85. The van der Waals surface area contributed by atoms with Gasteiger partial charge in [0.15, 0.2) is 0 Å². The maximum Gasteiger partial charge on any atom is 0.124 e. The molecule has 4 nitrogen and oxygen atoms in total. The number of aryl methyl sites for hydroxylation is 1. The number of hydrogen-bond acceptors (Lipinski definition) is 3. The van der Waals surface area contributed by atoms with Crippen molar-refractivity contribution in [3.8, 4) is 0 Å². The van der Waals surface area contributed by atoms with E-state index >= 15 is 0 Å². The Morgan fingerprint density at radius 2 is 2.05 bits per heavy atom. The topological polar surface area (TPSA) is 41.2 Å². The summed E-state index contributed by atoms with van der Waals surface area (Å²) in [6.07, 6.45) is 1.63. The highest BCUT2D eigenvalue weighted by Crippen LogP contribution is 2.27. The number of fused-ring (bicyclic) bond motifs is 1. The highest BCUT2D eigenvalue weighted by Gasteiger charge is 2.29. The summed E-state index contributed by atoms with van der Waals surface area (Å²) in [6.45, 7) is 10.6. The van der Waals surface area contributed by atoms with E-state index < -0.39 is 0 Å². The van der Waals surface area contributed by atoms with Crippen molar-refractivity contribution in [1.82, 2.24) is 14.9 Å². The zero-order chi connectivity index (χ0) is 15.0. The van der Waals surface area contributed by atoms with Crippen LogP contribution in [-0.2, 0) is 4.74 Å². The number of ether oxygens (including phenoxy) is 1. The Balaban J connectivity index is 1.90. The van der Waals surface area contributed by atoms with Crippen LogP contribution < -0.4 is 0 Å². The number of rotatable bonds is 3. The first-order valence-corrected chi connectivity index (χ1v) is 7.92. The number of nitrogens with zero attached hydrogens (tertiary/aromatic N) is 2. The number of H-pyrrole nitrogens is 1. The van der Waals surface area contributed by atoms with Crippen LogP contribution in [0.4, 0.5) is 0 Å². The fourth-order valence-electron chi connectivity index (χ4n) is 3.40. The van der Waals surface area contributed by atoms with Gasteiger partial charge < -0.3 is 9.72 Å². The van der Waals surface area contributed by atoms with Crippen molar-refractivity contribution in [1.29, 1.82) is 0 Å². The van der Waals surface area contributed by atoms with Crippen LogP contribution >= 0.6 is 0 Å². The molecule has 0 spiro atoms. The van der Waals surface area contributed by atoms with Crippen LogP contribution in [0, 0.1) is 6.92 Å². The largest absolute Gasteiger partial charge is 0.373 e. The Kier molecular flexibility index (Phi) is 4.00. The first-order valence-electron chi connectivity index (χ1n) is 7.92. The SMILES string of the molecule is CCC(c1nc2ccc(C)cc2[nH]1)N1CC(C)OC(C)C1. The molecule has 0 saturated carbocycles. The van der Waals surface area contributed by atoms with Gasteiger partial charge in [-0.05, 0) is 44.9 Å². The summed E-state index contributed by atoms with van der Waals surface area (Å²) < 4.78 is 5.85. The quantitative estimate of drug-likeness (QED) is 0.940. The third kappa shape index (κ3) is 2.97. The molecule has 1 aliphatic rings. The number of hydrogen-bond donors (Lipinski definition) is 1. The van der Waals surface area contributed by atoms with Gasteiger partial charge in [-0.25, -0.2) is 4.98 Å². The second kappa shape index (κ2) is 5.78. The summed E-state index contributed by atoms with van der Waals surface area (Å²) in [5.41, 5.74) is 3.46. The standard InChI is InChI=1S/C17H25N3O/c1-5-16(20-9-12(3)21-13(4)10-20)17-18-14-7-6-11(2)8-15(14)19-17/h6-8,12-13,16H,5,9-10H2,1-4H3,(H,18,19). The van der Waals surface area contributed by atoms with Gasteiger partial charge in [0.1, 0.15) is 5.82 Å². The van der Waals surface area contributed by atoms with Gasteiger partial charge in [0, 0.05) is 13.1 Å². The van der Waals surface area contributed by atoms with Crippen molar-refractivity contribution in [2.24, 2.45) is 0 Å². The van der Waals surface area contributed by atoms with E-state index in [0.29, 0.717) is 6.04 Å². The van der Waals surface area contributed by atoms with Crippen molar-refractivity contribution >= 4 is 11.0 Å². The monoisotopic (exact) mass is 287 g/mol. The Bertz CT molecular complexity index is 612. The number of aromatic amines is 1. The first-order chi connectivity index (χ1) is 10.1. The Morgan fingerprint density at radius 1 is 1.33 bits per heavy atom. The van der Waals surface area contributed by atoms with Crippen LogP contribution in [-0.4, -0.2) is 40.2 Å². The zero-order valence-corrected chi connectivity index (χ0v) is 13.4. The van der Waals surface area contributed by atoms with Crippen LogP contribution in [0.3, 0.4) is 0 Å². The van der Waals surface area contributed by atoms with E-state index in [9.17, 15) is 0 Å². The third-order valence-electron chi connectivity index (χ3n) is 4.25. The van der Waals surface area contributed by atoms with Crippen molar-refractivity contribution in [2.45, 2.75) is 52.4 Å². The molecule has 1 N–H and O–H groups in total. The van der Waals surface area contributed by atoms with Gasteiger partial charge in [0.05, 0.1) is 29.3 Å². The Hall–Kier alpha value is -1.39. The molecule has 1 saturated heterocycles. The number of morpholine rings is 1. The lowest BCUT2D eigenvalue weighted by Gasteiger charge is -2.39. The normalized spacial score (nSPS) is 25.3. The minimum absolute atomic E-state index is 0.287. The molecule has 0 bridgehead atoms. The minimum atomic E-state index is 0.287. The first kappa shape index (κ1) is 14.5. The molecule has 1 aliphatic heterocycles. The summed E-state index contributed by atoms with van der Waals surface area (Å²) >= 11 is 0. The highest BCUT2D eigenvalue weighted by molar-refractivity contribution is 5.75. The lowest BCUT2D eigenvalue weighted by atomic mass is 10.1. The average molecular weight is 287 g/mol. The minimum Gasteiger partial charge on any atom is -0.373 e. The van der Waals surface area contributed by atoms with E-state index in [1.165, 1.54) is 5.56 Å². The van der Waals surface area contributed by atoms with E-state index in [0.717, 1.165) is 36.4 Å². The van der Waals surface area contributed by atoms with Crippen molar-refractivity contribution < 1.29 is 4.74 Å². The second-order valence-electron chi connectivity index (χ2n) is 6.28. The molecule has 4 heteroatoms. The van der Waals surface area contributed by atoms with E-state index in [1.54, 1.807) is 0 Å². The van der Waals surface area contributed by atoms with Gasteiger partial charge in [0.25, 0.3) is 0 Å². The predicted octanol–water partition coefficient (Wildman–Crippen LogP) is 3.43. The van der Waals surface area contributed by atoms with Gasteiger partial charge in [-0.3, -0.25) is 4.90 Å². The summed E-state index contributed by atoms with van der Waals surface area (Å²) in [6, 6.07) is 6.73. The smallest absolute Gasteiger partial charge is 0.124 e. The van der Waals surface area contributed by atoms with Crippen molar-refractivity contribution in [3.63, 3.8) is 0 Å². The van der Waals surface area contributed by atoms with Crippen molar-refractivity contribution in [3.05, 3.63) is 29.6 Å². The number of aromatic nitrogens is 2. The molecule has 0 amide bonds. The fourth-order valence-corrected chi connectivity index (χ4v) is 3.40. The van der Waals surface area contributed by atoms with Crippen LogP contribution in [0.5, 0.6) is 0 Å². The molecule has 3 atom stereocenters. The molecule has 2 aromatic rings. The summed E-state index contributed by atoms with van der Waals surface area (Å²) in [5, 5.41) is 0. The molecule has 1 aromatic heterocycles. The number of nitrogens with one attached hydrogen (secondary N) is 1. The van der Waals surface area contributed by atoms with Crippen molar-refractivity contribution in [2.75, 3.05) is 13.1 Å². The average Bonchev–Trinajstić information content (AvgIpc) is 2.81. The molecule has 114 valence electrons. The molecule has 1 fully saturated rings. The number of benzene rings is 1. The molecule has 21 heavy (non-hydrogen) atoms. The van der Waals surface area contributed by atoms with Gasteiger partial charge >= 0.3 is 0 Å². The molecule has 0 aliphatic carbocycles. The molecule has 3 unspecified atom stereocenters. The molecule has 3 rings (SSSR count). The van der Waals surface area contributed by atoms with Gasteiger partial charge in [0.2, 0.25) is 0 Å². The molecule has 1 aromatic carbocycles. The summed E-state index contributed by atoms with van der Waals surface area (Å²) in [5.74, 6) is 1.08. The van der Waals surface area contributed by atoms with Crippen LogP contribution in [0.1, 0.15) is 44.6 Å². The van der Waals surface area contributed by atoms with Crippen LogP contribution in [0.25, 0.3) is 11.0 Å². The Labute approximate surface area is 126 Å². The fraction of sp³-hybridized carbons (Fsp3) is 0.588. The zero-order valence-electron chi connectivity index (χ0n) is 13.4. The van der Waals surface area contributed by atoms with Crippen LogP contribution in [0.2, 0.25) is 0 Å². The predicted molar refractivity (Wildman–Crippen MR) is 85.4 cm³/mol. The van der Waals surface area contributed by atoms with E-state index in [4.69, 9.17) is 9.72 Å². The lowest BCUT2D eigenvalue weighted by molar-refractivity contribution is -0.0822. The third-order valence-corrected chi connectivity index (χ3v) is 4.25. The van der Waals surface area contributed by atoms with E-state index in [-0.39, 0.29) is 12.2 Å². The Morgan fingerprint density at radius 3 is 2.71 bits per heavy atom. The maximum atomic E-state index is 5.85. The summed E-state index contributed by atoms with van der Waals surface area (Å²) in [4.78, 5) is 10.8. The molecule has 2 heterocycles. The number of imidazole rings is 1.